The number of hydrogen-bond acceptors (Lipinski definition) is 4. The lowest BCUT2D eigenvalue weighted by Gasteiger charge is -2.14. The largest absolute Gasteiger partial charge is 0.311 e. The summed E-state index contributed by atoms with van der Waals surface area (Å²) >= 11 is 1.41. The van der Waals surface area contributed by atoms with E-state index in [2.05, 4.69) is 33.1 Å². The molecule has 0 saturated carbocycles. The van der Waals surface area contributed by atoms with Gasteiger partial charge in [-0.15, -0.1) is 5.10 Å². The average Bonchev–Trinajstić information content (AvgIpc) is 3.06. The van der Waals surface area contributed by atoms with Gasteiger partial charge in [-0.05, 0) is 61.0 Å². The minimum Gasteiger partial charge on any atom is -0.311 e. The SMILES string of the molecule is CNC(Cc1ccc2c(c1)CCC2)c1csnn1. The first-order valence-electron chi connectivity index (χ1n) is 6.41. The van der Waals surface area contributed by atoms with Gasteiger partial charge in [-0.3, -0.25) is 0 Å². The lowest BCUT2D eigenvalue weighted by atomic mass is 10.00. The number of rotatable bonds is 4. The van der Waals surface area contributed by atoms with Crippen molar-refractivity contribution in [2.75, 3.05) is 7.05 Å². The van der Waals surface area contributed by atoms with E-state index in [0.717, 1.165) is 12.1 Å². The normalized spacial score (nSPS) is 15.6. The second-order valence-electron chi connectivity index (χ2n) is 4.83. The van der Waals surface area contributed by atoms with E-state index in [1.54, 1.807) is 5.56 Å². The fourth-order valence-electron chi connectivity index (χ4n) is 2.67. The number of fused-ring (bicyclic) bond motifs is 1. The predicted molar refractivity (Wildman–Crippen MR) is 73.9 cm³/mol. The van der Waals surface area contributed by atoms with E-state index in [1.807, 2.05) is 12.4 Å². The first-order valence-corrected chi connectivity index (χ1v) is 7.25. The highest BCUT2D eigenvalue weighted by Crippen LogP contribution is 2.25. The van der Waals surface area contributed by atoms with Crippen molar-refractivity contribution < 1.29 is 0 Å². The van der Waals surface area contributed by atoms with Gasteiger partial charge in [-0.1, -0.05) is 22.7 Å². The lowest BCUT2D eigenvalue weighted by molar-refractivity contribution is 0.574. The van der Waals surface area contributed by atoms with Crippen molar-refractivity contribution >= 4 is 11.5 Å². The van der Waals surface area contributed by atoms with Crippen LogP contribution in [-0.2, 0) is 19.3 Å². The summed E-state index contributed by atoms with van der Waals surface area (Å²) in [6, 6.07) is 7.19. The smallest absolute Gasteiger partial charge is 0.0928 e. The Kier molecular flexibility index (Phi) is 3.39. The van der Waals surface area contributed by atoms with E-state index in [1.165, 1.54) is 41.9 Å². The number of hydrogen-bond donors (Lipinski definition) is 1. The second kappa shape index (κ2) is 5.16. The van der Waals surface area contributed by atoms with E-state index >= 15 is 0 Å². The van der Waals surface area contributed by atoms with Gasteiger partial charge in [0.15, 0.2) is 0 Å². The van der Waals surface area contributed by atoms with Crippen LogP contribution in [0.5, 0.6) is 0 Å². The molecule has 4 heteroatoms. The molecular weight excluding hydrogens is 242 g/mol. The monoisotopic (exact) mass is 259 g/mol. The van der Waals surface area contributed by atoms with Gasteiger partial charge in [0.25, 0.3) is 0 Å². The molecule has 0 radical (unpaired) electrons. The lowest BCUT2D eigenvalue weighted by Crippen LogP contribution is -2.19. The van der Waals surface area contributed by atoms with Crippen LogP contribution in [0.2, 0.25) is 0 Å². The van der Waals surface area contributed by atoms with Gasteiger partial charge >= 0.3 is 0 Å². The molecule has 1 aliphatic carbocycles. The molecule has 1 atom stereocenters. The Morgan fingerprint density at radius 3 is 3.00 bits per heavy atom. The van der Waals surface area contributed by atoms with E-state index in [0.29, 0.717) is 0 Å². The van der Waals surface area contributed by atoms with Crippen LogP contribution in [-0.4, -0.2) is 16.6 Å². The van der Waals surface area contributed by atoms with Crippen molar-refractivity contribution in [3.05, 3.63) is 46.0 Å². The summed E-state index contributed by atoms with van der Waals surface area (Å²) in [7, 11) is 1.98. The van der Waals surface area contributed by atoms with E-state index in [9.17, 15) is 0 Å². The molecular formula is C14H17N3S. The van der Waals surface area contributed by atoms with Gasteiger partial charge < -0.3 is 5.32 Å². The van der Waals surface area contributed by atoms with E-state index in [-0.39, 0.29) is 6.04 Å². The molecule has 94 valence electrons. The number of benzene rings is 1. The Bertz CT molecular complexity index is 522. The first kappa shape index (κ1) is 11.8. The summed E-state index contributed by atoms with van der Waals surface area (Å²) in [4.78, 5) is 0. The first-order chi connectivity index (χ1) is 8.86. The van der Waals surface area contributed by atoms with Crippen molar-refractivity contribution in [2.45, 2.75) is 31.7 Å². The van der Waals surface area contributed by atoms with Crippen LogP contribution in [0, 0.1) is 0 Å². The molecule has 1 N–H and O–H groups in total. The zero-order valence-corrected chi connectivity index (χ0v) is 11.3. The van der Waals surface area contributed by atoms with Crippen molar-refractivity contribution in [1.29, 1.82) is 0 Å². The number of nitrogens with zero attached hydrogens (tertiary/aromatic N) is 2. The van der Waals surface area contributed by atoms with Crippen LogP contribution in [0.4, 0.5) is 0 Å². The molecule has 0 spiro atoms. The maximum Gasteiger partial charge on any atom is 0.0928 e. The topological polar surface area (TPSA) is 37.8 Å². The Morgan fingerprint density at radius 2 is 2.22 bits per heavy atom. The van der Waals surface area contributed by atoms with Crippen LogP contribution in [0.25, 0.3) is 0 Å². The molecule has 3 nitrogen and oxygen atoms in total. The van der Waals surface area contributed by atoms with Gasteiger partial charge in [-0.25, -0.2) is 0 Å². The highest BCUT2D eigenvalue weighted by Gasteiger charge is 2.15. The molecule has 1 heterocycles. The maximum absolute atomic E-state index is 4.16. The second-order valence-corrected chi connectivity index (χ2v) is 5.44. The van der Waals surface area contributed by atoms with Crippen LogP contribution in [0.15, 0.2) is 23.6 Å². The van der Waals surface area contributed by atoms with Crippen molar-refractivity contribution in [3.63, 3.8) is 0 Å². The summed E-state index contributed by atoms with van der Waals surface area (Å²) in [5.74, 6) is 0. The maximum atomic E-state index is 4.16. The summed E-state index contributed by atoms with van der Waals surface area (Å²) in [6.07, 6.45) is 4.78. The standard InChI is InChI=1S/C14H17N3S/c1-15-13(14-9-18-17-16-14)8-10-5-6-11-3-2-4-12(11)7-10/h5-7,9,13,15H,2-4,8H2,1H3. The van der Waals surface area contributed by atoms with Crippen molar-refractivity contribution in [3.8, 4) is 0 Å². The van der Waals surface area contributed by atoms with E-state index in [4.69, 9.17) is 0 Å². The zero-order valence-electron chi connectivity index (χ0n) is 10.5. The van der Waals surface area contributed by atoms with Crippen molar-refractivity contribution in [2.24, 2.45) is 0 Å². The molecule has 1 aliphatic rings. The van der Waals surface area contributed by atoms with Gasteiger partial charge in [-0.2, -0.15) is 0 Å². The molecule has 0 amide bonds. The van der Waals surface area contributed by atoms with Gasteiger partial charge in [0.05, 0.1) is 11.7 Å². The zero-order chi connectivity index (χ0) is 12.4. The number of aryl methyl sites for hydroxylation is 2. The highest BCUT2D eigenvalue weighted by atomic mass is 32.1. The molecule has 0 saturated heterocycles. The molecule has 0 bridgehead atoms. The summed E-state index contributed by atoms with van der Waals surface area (Å²) in [5.41, 5.74) is 5.51. The predicted octanol–water partition coefficient (Wildman–Crippen LogP) is 2.53. The molecule has 0 aliphatic heterocycles. The fraction of sp³-hybridized carbons (Fsp3) is 0.429. The Labute approximate surface area is 111 Å². The Balaban J connectivity index is 1.79. The number of nitrogens with one attached hydrogen (secondary N) is 1. The number of likely N-dealkylation sites (N-methyl/N-ethyl adjacent to an activating group) is 1. The van der Waals surface area contributed by atoms with Crippen LogP contribution < -0.4 is 5.32 Å². The van der Waals surface area contributed by atoms with Crippen LogP contribution in [0.3, 0.4) is 0 Å². The molecule has 2 aromatic rings. The molecule has 1 unspecified atom stereocenters. The van der Waals surface area contributed by atoms with Gasteiger partial charge in [0.1, 0.15) is 0 Å². The van der Waals surface area contributed by atoms with Crippen molar-refractivity contribution in [1.82, 2.24) is 14.9 Å². The molecule has 0 fully saturated rings. The van der Waals surface area contributed by atoms with Crippen LogP contribution >= 0.6 is 11.5 Å². The Morgan fingerprint density at radius 1 is 1.33 bits per heavy atom. The van der Waals surface area contributed by atoms with E-state index < -0.39 is 0 Å². The summed E-state index contributed by atoms with van der Waals surface area (Å²) < 4.78 is 3.94. The molecule has 18 heavy (non-hydrogen) atoms. The molecule has 3 rings (SSSR count). The number of aromatic nitrogens is 2. The third-order valence-electron chi connectivity index (χ3n) is 3.69. The summed E-state index contributed by atoms with van der Waals surface area (Å²) in [5, 5.41) is 9.51. The Hall–Kier alpha value is -1.26. The molecule has 1 aromatic carbocycles. The van der Waals surface area contributed by atoms with Gasteiger partial charge in [0.2, 0.25) is 0 Å². The minimum absolute atomic E-state index is 0.267. The highest BCUT2D eigenvalue weighted by molar-refractivity contribution is 7.03. The third kappa shape index (κ3) is 2.31. The van der Waals surface area contributed by atoms with Gasteiger partial charge in [0, 0.05) is 5.38 Å². The molecule has 1 aromatic heterocycles. The summed E-state index contributed by atoms with van der Waals surface area (Å²) in [6.45, 7) is 0. The average molecular weight is 259 g/mol. The van der Waals surface area contributed by atoms with Crippen LogP contribution in [0.1, 0.15) is 34.8 Å². The third-order valence-corrected chi connectivity index (χ3v) is 4.21. The quantitative estimate of drug-likeness (QED) is 0.917. The fourth-order valence-corrected chi connectivity index (χ4v) is 3.17. The minimum atomic E-state index is 0.267.